The molecule has 0 saturated heterocycles. The molecule has 3 heterocycles. The van der Waals surface area contributed by atoms with Crippen molar-refractivity contribution in [2.45, 2.75) is 6.54 Å². The smallest absolute Gasteiger partial charge is 0.276 e. The van der Waals surface area contributed by atoms with Gasteiger partial charge in [-0.3, -0.25) is 9.48 Å². The van der Waals surface area contributed by atoms with Crippen LogP contribution >= 0.6 is 23.6 Å². The minimum absolute atomic E-state index is 0.120. The summed E-state index contributed by atoms with van der Waals surface area (Å²) >= 11 is 6.66. The van der Waals surface area contributed by atoms with Gasteiger partial charge in [0, 0.05) is 13.3 Å². The van der Waals surface area contributed by atoms with E-state index in [-0.39, 0.29) is 5.56 Å². The van der Waals surface area contributed by atoms with Gasteiger partial charge in [0.25, 0.3) is 5.56 Å². The number of nitrogens with one attached hydrogen (secondary N) is 1. The maximum Gasteiger partial charge on any atom is 0.276 e. The van der Waals surface area contributed by atoms with Crippen LogP contribution in [0.5, 0.6) is 0 Å². The molecule has 104 valence electrons. The fourth-order valence-corrected chi connectivity index (χ4v) is 3.02. The third-order valence-corrected chi connectivity index (χ3v) is 4.10. The predicted octanol–water partition coefficient (Wildman–Crippen LogP) is 1.95. The zero-order valence-electron chi connectivity index (χ0n) is 10.7. The summed E-state index contributed by atoms with van der Waals surface area (Å²) in [4.78, 5) is 15.5. The molecular weight excluding hydrogens is 296 g/mol. The van der Waals surface area contributed by atoms with Crippen molar-refractivity contribution in [1.29, 1.82) is 0 Å². The van der Waals surface area contributed by atoms with Gasteiger partial charge in [-0.1, -0.05) is 0 Å². The van der Waals surface area contributed by atoms with Crippen LogP contribution in [-0.4, -0.2) is 33.0 Å². The van der Waals surface area contributed by atoms with Crippen molar-refractivity contribution in [2.24, 2.45) is 0 Å². The van der Waals surface area contributed by atoms with Crippen LogP contribution < -0.4 is 5.56 Å². The lowest BCUT2D eigenvalue weighted by Crippen LogP contribution is -2.19. The highest BCUT2D eigenvalue weighted by atomic mass is 32.1. The zero-order valence-corrected chi connectivity index (χ0v) is 12.3. The molecule has 0 spiro atoms. The summed E-state index contributed by atoms with van der Waals surface area (Å²) in [6.45, 7) is 1.19. The van der Waals surface area contributed by atoms with Gasteiger partial charge in [0.05, 0.1) is 30.6 Å². The molecule has 0 aliphatic carbocycles. The van der Waals surface area contributed by atoms with Gasteiger partial charge < -0.3 is 9.72 Å². The summed E-state index contributed by atoms with van der Waals surface area (Å²) in [7, 11) is 1.63. The lowest BCUT2D eigenvalue weighted by molar-refractivity contribution is 0.183. The molecule has 0 aliphatic heterocycles. The van der Waals surface area contributed by atoms with Crippen LogP contribution in [-0.2, 0) is 11.3 Å². The van der Waals surface area contributed by atoms with Crippen LogP contribution in [0, 0.1) is 4.77 Å². The first-order chi connectivity index (χ1) is 9.70. The van der Waals surface area contributed by atoms with Crippen molar-refractivity contribution in [1.82, 2.24) is 19.3 Å². The van der Waals surface area contributed by atoms with Crippen molar-refractivity contribution in [3.63, 3.8) is 0 Å². The molecular formula is C12H12N4O2S2. The average molecular weight is 308 g/mol. The van der Waals surface area contributed by atoms with Crippen molar-refractivity contribution >= 4 is 33.8 Å². The fraction of sp³-hybridized carbons (Fsp3) is 0.250. The van der Waals surface area contributed by atoms with E-state index in [4.69, 9.17) is 17.0 Å². The highest BCUT2D eigenvalue weighted by Gasteiger charge is 2.10. The van der Waals surface area contributed by atoms with E-state index in [0.717, 1.165) is 5.52 Å². The Morgan fingerprint density at radius 1 is 1.55 bits per heavy atom. The van der Waals surface area contributed by atoms with E-state index >= 15 is 0 Å². The minimum atomic E-state index is -0.120. The monoisotopic (exact) mass is 308 g/mol. The van der Waals surface area contributed by atoms with E-state index in [1.54, 1.807) is 24.2 Å². The molecule has 0 unspecified atom stereocenters. The molecule has 0 aromatic carbocycles. The summed E-state index contributed by atoms with van der Waals surface area (Å²) < 4.78 is 9.21. The SMILES string of the molecule is COCCn1cc(-n2c(=S)[nH]c3ccsc3c2=O)cn1. The topological polar surface area (TPSA) is 64.8 Å². The largest absolute Gasteiger partial charge is 0.383 e. The van der Waals surface area contributed by atoms with Crippen LogP contribution in [0.25, 0.3) is 15.9 Å². The Kier molecular flexibility index (Phi) is 3.51. The second-order valence-electron chi connectivity index (χ2n) is 4.19. The normalized spacial score (nSPS) is 11.2. The number of ether oxygens (including phenoxy) is 1. The third-order valence-electron chi connectivity index (χ3n) is 2.91. The Hall–Kier alpha value is -1.77. The molecule has 3 aromatic rings. The molecule has 20 heavy (non-hydrogen) atoms. The average Bonchev–Trinajstić information content (AvgIpc) is 3.05. The van der Waals surface area contributed by atoms with Crippen molar-refractivity contribution in [3.8, 4) is 5.69 Å². The number of rotatable bonds is 4. The van der Waals surface area contributed by atoms with Crippen LogP contribution in [0.3, 0.4) is 0 Å². The molecule has 6 nitrogen and oxygen atoms in total. The van der Waals surface area contributed by atoms with Gasteiger partial charge in [0.1, 0.15) is 4.70 Å². The fourth-order valence-electron chi connectivity index (χ4n) is 1.95. The number of fused-ring (bicyclic) bond motifs is 1. The van der Waals surface area contributed by atoms with Gasteiger partial charge in [-0.05, 0) is 23.7 Å². The first-order valence-corrected chi connectivity index (χ1v) is 7.24. The number of hydrogen-bond acceptors (Lipinski definition) is 5. The second-order valence-corrected chi connectivity index (χ2v) is 5.49. The first kappa shape index (κ1) is 13.2. The molecule has 3 aromatic heterocycles. The Balaban J connectivity index is 2.12. The first-order valence-electron chi connectivity index (χ1n) is 5.95. The number of hydrogen-bond donors (Lipinski definition) is 1. The third kappa shape index (κ3) is 2.21. The van der Waals surface area contributed by atoms with E-state index in [2.05, 4.69) is 10.1 Å². The van der Waals surface area contributed by atoms with E-state index in [9.17, 15) is 4.79 Å². The van der Waals surface area contributed by atoms with E-state index in [1.807, 2.05) is 11.4 Å². The van der Waals surface area contributed by atoms with Crippen LogP contribution in [0.1, 0.15) is 0 Å². The Morgan fingerprint density at radius 2 is 2.40 bits per heavy atom. The van der Waals surface area contributed by atoms with Gasteiger partial charge in [-0.25, -0.2) is 4.57 Å². The highest BCUT2D eigenvalue weighted by molar-refractivity contribution is 7.71. The van der Waals surface area contributed by atoms with Gasteiger partial charge in [0.2, 0.25) is 0 Å². The number of thiophene rings is 1. The van der Waals surface area contributed by atoms with Gasteiger partial charge in [-0.15, -0.1) is 11.3 Å². The lowest BCUT2D eigenvalue weighted by atomic mass is 10.4. The Morgan fingerprint density at radius 3 is 3.20 bits per heavy atom. The van der Waals surface area contributed by atoms with E-state index < -0.39 is 0 Å². The standard InChI is InChI=1S/C12H12N4O2S2/c1-18-4-3-15-7-8(6-13-15)16-11(17)10-9(2-5-20-10)14-12(16)19/h2,5-7H,3-4H2,1H3,(H,14,19). The second kappa shape index (κ2) is 5.31. The van der Waals surface area contributed by atoms with Crippen LogP contribution in [0.4, 0.5) is 0 Å². The molecule has 8 heteroatoms. The Bertz CT molecular complexity index is 858. The van der Waals surface area contributed by atoms with Crippen LogP contribution in [0.15, 0.2) is 28.6 Å². The number of aromatic amines is 1. The van der Waals surface area contributed by atoms with Gasteiger partial charge >= 0.3 is 0 Å². The summed E-state index contributed by atoms with van der Waals surface area (Å²) in [6, 6.07) is 1.85. The molecule has 1 N–H and O–H groups in total. The molecule has 0 atom stereocenters. The van der Waals surface area contributed by atoms with Gasteiger partial charge in [-0.2, -0.15) is 5.10 Å². The van der Waals surface area contributed by atoms with Crippen molar-refractivity contribution < 1.29 is 4.74 Å². The summed E-state index contributed by atoms with van der Waals surface area (Å²) in [5.74, 6) is 0. The van der Waals surface area contributed by atoms with E-state index in [1.165, 1.54) is 15.9 Å². The summed E-state index contributed by atoms with van der Waals surface area (Å²) in [5.41, 5.74) is 1.31. The molecule has 3 rings (SSSR count). The number of aromatic nitrogens is 4. The molecule has 0 saturated carbocycles. The predicted molar refractivity (Wildman–Crippen MR) is 80.3 cm³/mol. The van der Waals surface area contributed by atoms with Crippen molar-refractivity contribution in [3.05, 3.63) is 39.0 Å². The lowest BCUT2D eigenvalue weighted by Gasteiger charge is -2.03. The van der Waals surface area contributed by atoms with Crippen LogP contribution in [0.2, 0.25) is 0 Å². The van der Waals surface area contributed by atoms with Crippen molar-refractivity contribution in [2.75, 3.05) is 13.7 Å². The number of nitrogens with zero attached hydrogens (tertiary/aromatic N) is 3. The molecule has 0 aliphatic rings. The minimum Gasteiger partial charge on any atom is -0.383 e. The Labute approximate surface area is 123 Å². The maximum atomic E-state index is 12.5. The maximum absolute atomic E-state index is 12.5. The zero-order chi connectivity index (χ0) is 14.1. The summed E-state index contributed by atoms with van der Waals surface area (Å²) in [5, 5.41) is 6.06. The number of H-pyrrole nitrogens is 1. The molecule has 0 bridgehead atoms. The molecule has 0 radical (unpaired) electrons. The molecule has 0 fully saturated rings. The number of methoxy groups -OCH3 is 1. The summed E-state index contributed by atoms with van der Waals surface area (Å²) in [6.07, 6.45) is 3.41. The molecule has 0 amide bonds. The van der Waals surface area contributed by atoms with E-state index in [0.29, 0.717) is 28.3 Å². The highest BCUT2D eigenvalue weighted by Crippen LogP contribution is 2.15. The van der Waals surface area contributed by atoms with Gasteiger partial charge in [0.15, 0.2) is 4.77 Å². The quantitative estimate of drug-likeness (QED) is 0.748.